The molecule has 1 heterocycles. The number of methoxy groups -OCH3 is 2. The number of ether oxygens (including phenoxy) is 2. The van der Waals surface area contributed by atoms with Crippen molar-refractivity contribution in [3.63, 3.8) is 0 Å². The van der Waals surface area contributed by atoms with Crippen LogP contribution in [0.15, 0.2) is 48.5 Å². The number of hydrogen-bond acceptors (Lipinski definition) is 5. The van der Waals surface area contributed by atoms with E-state index in [4.69, 9.17) is 9.47 Å². The van der Waals surface area contributed by atoms with Crippen molar-refractivity contribution in [1.82, 2.24) is 10.2 Å². The number of nitrogens with one attached hydrogen (secondary N) is 2. The third kappa shape index (κ3) is 5.42. The number of hydrogen-bond donors (Lipinski definition) is 3. The van der Waals surface area contributed by atoms with E-state index in [1.807, 2.05) is 0 Å². The Balaban J connectivity index is 1.65. The van der Waals surface area contributed by atoms with Gasteiger partial charge in [0.1, 0.15) is 11.5 Å². The molecule has 0 radical (unpaired) electrons. The number of amides is 3. The maximum absolute atomic E-state index is 12.8. The summed E-state index contributed by atoms with van der Waals surface area (Å²) in [6.45, 7) is 0.695. The summed E-state index contributed by atoms with van der Waals surface area (Å²) in [7, 11) is 3.12. The second kappa shape index (κ2) is 9.98. The monoisotopic (exact) mass is 413 g/mol. The zero-order valence-corrected chi connectivity index (χ0v) is 17.1. The average Bonchev–Trinajstić information content (AvgIpc) is 2.95. The van der Waals surface area contributed by atoms with Crippen molar-refractivity contribution in [1.29, 1.82) is 0 Å². The summed E-state index contributed by atoms with van der Waals surface area (Å²) in [6.07, 6.45) is 0.403. The number of likely N-dealkylation sites (tertiary alicyclic amines) is 1. The molecular formula is C22H27N3O5. The van der Waals surface area contributed by atoms with Gasteiger partial charge in [0.2, 0.25) is 0 Å². The third-order valence-corrected chi connectivity index (χ3v) is 5.09. The molecule has 1 aliphatic rings. The molecule has 0 aromatic heterocycles. The largest absolute Gasteiger partial charge is 0.497 e. The van der Waals surface area contributed by atoms with Gasteiger partial charge in [-0.1, -0.05) is 6.07 Å². The Morgan fingerprint density at radius 2 is 1.80 bits per heavy atom. The van der Waals surface area contributed by atoms with Gasteiger partial charge >= 0.3 is 6.03 Å². The van der Waals surface area contributed by atoms with E-state index >= 15 is 0 Å². The van der Waals surface area contributed by atoms with Gasteiger partial charge in [0.05, 0.1) is 26.4 Å². The number of urea groups is 1. The lowest BCUT2D eigenvalue weighted by Gasteiger charge is -2.27. The van der Waals surface area contributed by atoms with Crippen LogP contribution in [-0.4, -0.2) is 61.4 Å². The van der Waals surface area contributed by atoms with Crippen LogP contribution in [0.3, 0.4) is 0 Å². The Labute approximate surface area is 175 Å². The molecule has 0 aliphatic carbocycles. The third-order valence-electron chi connectivity index (χ3n) is 5.09. The van der Waals surface area contributed by atoms with Crippen LogP contribution in [0.25, 0.3) is 0 Å². The van der Waals surface area contributed by atoms with Crippen molar-refractivity contribution in [3.05, 3.63) is 54.1 Å². The Hall–Kier alpha value is -3.26. The predicted molar refractivity (Wildman–Crippen MR) is 113 cm³/mol. The van der Waals surface area contributed by atoms with Gasteiger partial charge in [-0.15, -0.1) is 0 Å². The van der Waals surface area contributed by atoms with Gasteiger partial charge < -0.3 is 30.1 Å². The number of nitrogens with zero attached hydrogens (tertiary/aromatic N) is 1. The molecular weight excluding hydrogens is 386 g/mol. The first-order chi connectivity index (χ1) is 14.5. The molecule has 3 rings (SSSR count). The van der Waals surface area contributed by atoms with Crippen molar-refractivity contribution in [2.75, 3.05) is 32.6 Å². The number of aliphatic hydroxyl groups is 1. The summed E-state index contributed by atoms with van der Waals surface area (Å²) in [4.78, 5) is 27.0. The van der Waals surface area contributed by atoms with E-state index in [1.54, 1.807) is 67.7 Å². The van der Waals surface area contributed by atoms with Gasteiger partial charge in [-0.25, -0.2) is 4.79 Å². The smallest absolute Gasteiger partial charge is 0.321 e. The van der Waals surface area contributed by atoms with Crippen molar-refractivity contribution < 1.29 is 24.2 Å². The number of benzene rings is 2. The van der Waals surface area contributed by atoms with Crippen LogP contribution < -0.4 is 20.1 Å². The van der Waals surface area contributed by atoms with Crippen molar-refractivity contribution in [2.24, 2.45) is 0 Å². The van der Waals surface area contributed by atoms with Crippen molar-refractivity contribution >= 4 is 17.6 Å². The molecule has 3 amide bonds. The lowest BCUT2D eigenvalue weighted by molar-refractivity contribution is 0.0811. The Morgan fingerprint density at radius 1 is 1.07 bits per heavy atom. The van der Waals surface area contributed by atoms with Gasteiger partial charge in [0, 0.05) is 30.4 Å². The first-order valence-corrected chi connectivity index (χ1v) is 9.83. The van der Waals surface area contributed by atoms with Crippen LogP contribution in [0.4, 0.5) is 10.5 Å². The fourth-order valence-corrected chi connectivity index (χ4v) is 3.37. The quantitative estimate of drug-likeness (QED) is 0.699. The fraction of sp³-hybridized carbons (Fsp3) is 0.364. The molecule has 0 bridgehead atoms. The van der Waals surface area contributed by atoms with Crippen molar-refractivity contribution in [2.45, 2.75) is 25.0 Å². The molecule has 0 saturated carbocycles. The number of anilines is 1. The summed E-state index contributed by atoms with van der Waals surface area (Å²) < 4.78 is 10.3. The van der Waals surface area contributed by atoms with E-state index in [0.29, 0.717) is 42.1 Å². The summed E-state index contributed by atoms with van der Waals surface area (Å²) >= 11 is 0. The highest BCUT2D eigenvalue weighted by Gasteiger charge is 2.29. The second-order valence-corrected chi connectivity index (χ2v) is 7.13. The second-order valence-electron chi connectivity index (χ2n) is 7.13. The molecule has 1 aliphatic heterocycles. The molecule has 160 valence electrons. The Kier molecular flexibility index (Phi) is 7.13. The molecule has 2 aromatic rings. The summed E-state index contributed by atoms with van der Waals surface area (Å²) in [6, 6.07) is 12.9. The minimum atomic E-state index is -0.734. The van der Waals surface area contributed by atoms with E-state index < -0.39 is 12.1 Å². The minimum absolute atomic E-state index is 0.207. The number of carbonyl (C=O) groups is 2. The predicted octanol–water partition coefficient (Wildman–Crippen LogP) is 2.49. The van der Waals surface area contributed by atoms with Crippen LogP contribution >= 0.6 is 0 Å². The lowest BCUT2D eigenvalue weighted by Crippen LogP contribution is -2.50. The van der Waals surface area contributed by atoms with E-state index in [-0.39, 0.29) is 18.5 Å². The molecule has 30 heavy (non-hydrogen) atoms. The van der Waals surface area contributed by atoms with Gasteiger partial charge in [-0.2, -0.15) is 0 Å². The van der Waals surface area contributed by atoms with E-state index in [0.717, 1.165) is 0 Å². The maximum atomic E-state index is 12.8. The van der Waals surface area contributed by atoms with Gasteiger partial charge in [-0.3, -0.25) is 4.79 Å². The maximum Gasteiger partial charge on any atom is 0.321 e. The van der Waals surface area contributed by atoms with Crippen LogP contribution in [0.1, 0.15) is 23.2 Å². The van der Waals surface area contributed by atoms with Gasteiger partial charge in [0.25, 0.3) is 5.91 Å². The molecule has 3 N–H and O–H groups in total. The molecule has 0 spiro atoms. The topological polar surface area (TPSA) is 100 Å². The van der Waals surface area contributed by atoms with Crippen LogP contribution in [0.2, 0.25) is 0 Å². The SMILES string of the molecule is COc1ccc(C(=O)N[C@@H]2CN(C(=O)Nc3cccc(OC)c3)CCC[C@H]2O)cc1. The van der Waals surface area contributed by atoms with Gasteiger partial charge in [-0.05, 0) is 49.2 Å². The highest BCUT2D eigenvalue weighted by Crippen LogP contribution is 2.19. The zero-order valence-electron chi connectivity index (χ0n) is 17.1. The van der Waals surface area contributed by atoms with E-state index in [2.05, 4.69) is 10.6 Å². The fourth-order valence-electron chi connectivity index (χ4n) is 3.37. The molecule has 2 atom stereocenters. The Bertz CT molecular complexity index is 871. The lowest BCUT2D eigenvalue weighted by atomic mass is 10.1. The summed E-state index contributed by atoms with van der Waals surface area (Å²) in [5.41, 5.74) is 1.07. The van der Waals surface area contributed by atoms with Crippen molar-refractivity contribution in [3.8, 4) is 11.5 Å². The summed E-state index contributed by atoms with van der Waals surface area (Å²) in [5, 5.41) is 16.2. The number of aliphatic hydroxyl groups excluding tert-OH is 1. The first kappa shape index (κ1) is 21.4. The van der Waals surface area contributed by atoms with Gasteiger partial charge in [0.15, 0.2) is 0 Å². The highest BCUT2D eigenvalue weighted by atomic mass is 16.5. The van der Waals surface area contributed by atoms with Crippen LogP contribution in [0, 0.1) is 0 Å². The molecule has 0 unspecified atom stereocenters. The van der Waals surface area contributed by atoms with Crippen LogP contribution in [-0.2, 0) is 0 Å². The molecule has 8 heteroatoms. The normalized spacial score (nSPS) is 18.8. The molecule has 2 aromatic carbocycles. The molecule has 8 nitrogen and oxygen atoms in total. The average molecular weight is 413 g/mol. The molecule has 1 saturated heterocycles. The standard InChI is InChI=1S/C22H27N3O5/c1-29-17-10-8-15(9-11-17)21(27)24-19-14-25(12-4-7-20(19)26)22(28)23-16-5-3-6-18(13-16)30-2/h3,5-6,8-11,13,19-20,26H,4,7,12,14H2,1-2H3,(H,23,28)(H,24,27)/t19-,20-/m1/s1. The first-order valence-electron chi connectivity index (χ1n) is 9.83. The minimum Gasteiger partial charge on any atom is -0.497 e. The number of carbonyl (C=O) groups excluding carboxylic acids is 2. The van der Waals surface area contributed by atoms with E-state index in [9.17, 15) is 14.7 Å². The summed E-state index contributed by atoms with van der Waals surface area (Å²) in [5.74, 6) is 0.988. The zero-order chi connectivity index (χ0) is 21.5. The van der Waals surface area contributed by atoms with E-state index in [1.165, 1.54) is 0 Å². The van der Waals surface area contributed by atoms with Crippen LogP contribution in [0.5, 0.6) is 11.5 Å². The Morgan fingerprint density at radius 3 is 2.50 bits per heavy atom. The highest BCUT2D eigenvalue weighted by molar-refractivity contribution is 5.94. The number of rotatable bonds is 5. The molecule has 1 fully saturated rings.